The minimum absolute atomic E-state index is 0.210. The summed E-state index contributed by atoms with van der Waals surface area (Å²) in [4.78, 5) is 1.58. The van der Waals surface area contributed by atoms with E-state index in [4.69, 9.17) is 0 Å². The summed E-state index contributed by atoms with van der Waals surface area (Å²) in [5.74, 6) is 0.587. The normalized spacial score (nSPS) is 11.3. The maximum atomic E-state index is 4.27. The molecule has 0 aromatic carbocycles. The average molecular weight is 271 g/mol. The van der Waals surface area contributed by atoms with Crippen LogP contribution in [0.4, 0.5) is 0 Å². The number of rotatable bonds is 2. The standard InChI is InChI=1S/C8H11BrN6/c1-5(2)15-12-8(11-13-15)6-4-10-14(3)7(6)9/h4-5H,1-3H3. The molecular weight excluding hydrogens is 260 g/mol. The van der Waals surface area contributed by atoms with Gasteiger partial charge in [0, 0.05) is 7.05 Å². The SMILES string of the molecule is CC(C)n1nnc(-c2cnn(C)c2Br)n1. The summed E-state index contributed by atoms with van der Waals surface area (Å²) in [7, 11) is 1.85. The second-order valence-corrected chi connectivity index (χ2v) is 4.25. The van der Waals surface area contributed by atoms with E-state index in [0.717, 1.165) is 10.2 Å². The number of halogens is 1. The Bertz CT molecular complexity index is 471. The summed E-state index contributed by atoms with van der Waals surface area (Å²) >= 11 is 3.42. The summed E-state index contributed by atoms with van der Waals surface area (Å²) in [6, 6.07) is 0.210. The number of tetrazole rings is 1. The molecular formula is C8H11BrN6. The van der Waals surface area contributed by atoms with Crippen molar-refractivity contribution >= 4 is 15.9 Å². The summed E-state index contributed by atoms with van der Waals surface area (Å²) < 4.78 is 2.57. The van der Waals surface area contributed by atoms with Gasteiger partial charge >= 0.3 is 0 Å². The van der Waals surface area contributed by atoms with E-state index in [2.05, 4.69) is 36.4 Å². The number of nitrogens with zero attached hydrogens (tertiary/aromatic N) is 6. The van der Waals surface area contributed by atoms with Gasteiger partial charge in [-0.2, -0.15) is 9.90 Å². The Morgan fingerprint density at radius 3 is 2.60 bits per heavy atom. The molecule has 0 amide bonds. The number of aromatic nitrogens is 6. The van der Waals surface area contributed by atoms with Crippen molar-refractivity contribution in [3.63, 3.8) is 0 Å². The third-order valence-corrected chi connectivity index (χ3v) is 2.94. The summed E-state index contributed by atoms with van der Waals surface area (Å²) in [5, 5.41) is 16.3. The second-order valence-electron chi connectivity index (χ2n) is 3.50. The maximum Gasteiger partial charge on any atom is 0.209 e. The van der Waals surface area contributed by atoms with Crippen LogP contribution in [0.15, 0.2) is 10.8 Å². The molecule has 2 heterocycles. The first kappa shape index (κ1) is 10.3. The molecule has 0 unspecified atom stereocenters. The van der Waals surface area contributed by atoms with Crippen molar-refractivity contribution in [2.24, 2.45) is 7.05 Å². The predicted molar refractivity (Wildman–Crippen MR) is 58.1 cm³/mol. The fraction of sp³-hybridized carbons (Fsp3) is 0.500. The summed E-state index contributed by atoms with van der Waals surface area (Å²) in [6.45, 7) is 4.01. The minimum Gasteiger partial charge on any atom is -0.261 e. The van der Waals surface area contributed by atoms with Crippen LogP contribution in [-0.2, 0) is 7.05 Å². The molecule has 0 fully saturated rings. The number of aryl methyl sites for hydroxylation is 1. The monoisotopic (exact) mass is 270 g/mol. The largest absolute Gasteiger partial charge is 0.261 e. The molecule has 0 bridgehead atoms. The third kappa shape index (κ3) is 1.79. The zero-order valence-electron chi connectivity index (χ0n) is 8.72. The van der Waals surface area contributed by atoms with Crippen molar-refractivity contribution in [3.8, 4) is 11.4 Å². The molecule has 15 heavy (non-hydrogen) atoms. The number of hydrogen-bond donors (Lipinski definition) is 0. The van der Waals surface area contributed by atoms with Crippen LogP contribution in [0.1, 0.15) is 19.9 Å². The molecule has 0 aliphatic rings. The molecule has 2 aromatic heterocycles. The fourth-order valence-corrected chi connectivity index (χ4v) is 1.50. The lowest BCUT2D eigenvalue weighted by atomic mass is 10.3. The van der Waals surface area contributed by atoms with Crippen molar-refractivity contribution in [3.05, 3.63) is 10.8 Å². The maximum absolute atomic E-state index is 4.27. The lowest BCUT2D eigenvalue weighted by Gasteiger charge is -1.98. The fourth-order valence-electron chi connectivity index (χ4n) is 1.12. The minimum atomic E-state index is 0.210. The molecule has 2 rings (SSSR count). The predicted octanol–water partition coefficient (Wildman–Crippen LogP) is 1.42. The van der Waals surface area contributed by atoms with Gasteiger partial charge in [0.05, 0.1) is 17.8 Å². The van der Waals surface area contributed by atoms with E-state index in [1.807, 2.05) is 20.9 Å². The highest BCUT2D eigenvalue weighted by Crippen LogP contribution is 2.23. The van der Waals surface area contributed by atoms with E-state index in [9.17, 15) is 0 Å². The topological polar surface area (TPSA) is 61.4 Å². The van der Waals surface area contributed by atoms with Crippen LogP contribution in [0.25, 0.3) is 11.4 Å². The molecule has 7 heteroatoms. The molecule has 0 spiro atoms. The Balaban J connectivity index is 2.41. The molecule has 6 nitrogen and oxygen atoms in total. The zero-order chi connectivity index (χ0) is 11.0. The third-order valence-electron chi connectivity index (χ3n) is 2.00. The van der Waals surface area contributed by atoms with E-state index in [0.29, 0.717) is 5.82 Å². The summed E-state index contributed by atoms with van der Waals surface area (Å²) in [6.07, 6.45) is 1.71. The van der Waals surface area contributed by atoms with Crippen molar-refractivity contribution in [2.75, 3.05) is 0 Å². The highest BCUT2D eigenvalue weighted by molar-refractivity contribution is 9.10. The lowest BCUT2D eigenvalue weighted by Crippen LogP contribution is -2.04. The molecule has 0 aliphatic heterocycles. The highest BCUT2D eigenvalue weighted by Gasteiger charge is 2.13. The van der Waals surface area contributed by atoms with Crippen LogP contribution in [0, 0.1) is 0 Å². The first-order chi connectivity index (χ1) is 7.09. The quantitative estimate of drug-likeness (QED) is 0.828. The van der Waals surface area contributed by atoms with Gasteiger partial charge in [0.2, 0.25) is 5.82 Å². The van der Waals surface area contributed by atoms with E-state index in [1.165, 1.54) is 0 Å². The van der Waals surface area contributed by atoms with Crippen LogP contribution >= 0.6 is 15.9 Å². The average Bonchev–Trinajstić information content (AvgIpc) is 2.76. The molecule has 2 aromatic rings. The second kappa shape index (κ2) is 3.73. The van der Waals surface area contributed by atoms with Gasteiger partial charge in [-0.3, -0.25) is 4.68 Å². The highest BCUT2D eigenvalue weighted by atomic mass is 79.9. The number of hydrogen-bond acceptors (Lipinski definition) is 4. The van der Waals surface area contributed by atoms with Crippen molar-refractivity contribution in [1.82, 2.24) is 30.0 Å². The molecule has 0 atom stereocenters. The first-order valence-electron chi connectivity index (χ1n) is 4.57. The smallest absolute Gasteiger partial charge is 0.209 e. The van der Waals surface area contributed by atoms with Crippen molar-refractivity contribution < 1.29 is 0 Å². The first-order valence-corrected chi connectivity index (χ1v) is 5.36. The molecule has 0 saturated heterocycles. The van der Waals surface area contributed by atoms with Crippen LogP contribution in [0.3, 0.4) is 0 Å². The molecule has 80 valence electrons. The molecule has 0 N–H and O–H groups in total. The Kier molecular flexibility index (Phi) is 2.56. The molecule has 0 aliphatic carbocycles. The Morgan fingerprint density at radius 2 is 2.13 bits per heavy atom. The molecule has 0 radical (unpaired) electrons. The van der Waals surface area contributed by atoms with Gasteiger partial charge in [0.1, 0.15) is 4.60 Å². The molecule has 0 saturated carbocycles. The van der Waals surface area contributed by atoms with Gasteiger partial charge in [0.25, 0.3) is 0 Å². The van der Waals surface area contributed by atoms with Gasteiger partial charge in [-0.05, 0) is 35.0 Å². The lowest BCUT2D eigenvalue weighted by molar-refractivity contribution is 0.455. The van der Waals surface area contributed by atoms with E-state index in [-0.39, 0.29) is 6.04 Å². The van der Waals surface area contributed by atoms with Gasteiger partial charge in [-0.1, -0.05) is 0 Å². The van der Waals surface area contributed by atoms with E-state index in [1.54, 1.807) is 15.7 Å². The summed E-state index contributed by atoms with van der Waals surface area (Å²) in [5.41, 5.74) is 0.851. The zero-order valence-corrected chi connectivity index (χ0v) is 10.3. The van der Waals surface area contributed by atoms with Crippen LogP contribution < -0.4 is 0 Å². The van der Waals surface area contributed by atoms with Gasteiger partial charge in [-0.15, -0.1) is 10.2 Å². The van der Waals surface area contributed by atoms with Crippen molar-refractivity contribution in [1.29, 1.82) is 0 Å². The van der Waals surface area contributed by atoms with Gasteiger partial charge in [0.15, 0.2) is 0 Å². The van der Waals surface area contributed by atoms with Crippen LogP contribution in [0.5, 0.6) is 0 Å². The van der Waals surface area contributed by atoms with Crippen LogP contribution in [-0.4, -0.2) is 30.0 Å². The Labute approximate surface area is 95.4 Å². The van der Waals surface area contributed by atoms with Gasteiger partial charge < -0.3 is 0 Å². The Hall–Kier alpha value is -1.24. The van der Waals surface area contributed by atoms with E-state index >= 15 is 0 Å². The Morgan fingerprint density at radius 1 is 1.40 bits per heavy atom. The van der Waals surface area contributed by atoms with Crippen molar-refractivity contribution in [2.45, 2.75) is 19.9 Å². The van der Waals surface area contributed by atoms with Gasteiger partial charge in [-0.25, -0.2) is 0 Å². The van der Waals surface area contributed by atoms with E-state index < -0.39 is 0 Å². The van der Waals surface area contributed by atoms with Crippen LogP contribution in [0.2, 0.25) is 0 Å².